The molecule has 256 valence electrons. The van der Waals surface area contributed by atoms with Gasteiger partial charge in [-0.3, -0.25) is 23.7 Å². The van der Waals surface area contributed by atoms with Crippen LogP contribution in [0.3, 0.4) is 0 Å². The Morgan fingerprint density at radius 1 is 1.02 bits per heavy atom. The summed E-state index contributed by atoms with van der Waals surface area (Å²) in [5.74, 6) is -1.69. The normalized spacial score (nSPS) is 18.8. The molecule has 3 aromatic rings. The summed E-state index contributed by atoms with van der Waals surface area (Å²) in [6.07, 6.45) is 4.69. The molecule has 2 amide bonds. The second-order valence-electron chi connectivity index (χ2n) is 12.8. The first-order chi connectivity index (χ1) is 23.2. The van der Waals surface area contributed by atoms with Gasteiger partial charge in [0.2, 0.25) is 0 Å². The number of aryl methyl sites for hydroxylation is 1. The first kappa shape index (κ1) is 33.4. The molecule has 2 aromatic heterocycles. The van der Waals surface area contributed by atoms with Gasteiger partial charge in [-0.15, -0.1) is 5.06 Å². The molecule has 0 radical (unpaired) electrons. The molecule has 1 aromatic carbocycles. The Morgan fingerprint density at radius 3 is 2.54 bits per heavy atom. The van der Waals surface area contributed by atoms with Crippen molar-refractivity contribution in [3.05, 3.63) is 57.1 Å². The maximum Gasteiger partial charge on any atom is 0.333 e. The van der Waals surface area contributed by atoms with E-state index >= 15 is 0 Å². The molecule has 48 heavy (non-hydrogen) atoms. The number of benzene rings is 1. The summed E-state index contributed by atoms with van der Waals surface area (Å²) in [6.45, 7) is 5.14. The predicted molar refractivity (Wildman–Crippen MR) is 168 cm³/mol. The van der Waals surface area contributed by atoms with Crippen LogP contribution in [-0.2, 0) is 41.7 Å². The summed E-state index contributed by atoms with van der Waals surface area (Å²) in [6, 6.07) is 4.53. The number of fused-ring (bicyclic) bond motifs is 2. The number of ether oxygens (including phenoxy) is 1. The second-order valence-corrected chi connectivity index (χ2v) is 12.8. The van der Waals surface area contributed by atoms with E-state index in [2.05, 4.69) is 10.1 Å². The molecular formula is C34H40FN5O8. The number of carbonyl (C=O) groups excluding carboxylic acids is 4. The lowest BCUT2D eigenvalue weighted by Crippen LogP contribution is -2.38. The fraction of sp³-hybridized carbons (Fsp3) is 0.559. The number of carbonyl (C=O) groups is 4. The van der Waals surface area contributed by atoms with E-state index in [1.54, 1.807) is 10.6 Å². The number of halogens is 1. The number of hydrogen-bond donors (Lipinski definition) is 0. The van der Waals surface area contributed by atoms with E-state index in [-0.39, 0.29) is 61.9 Å². The van der Waals surface area contributed by atoms with Gasteiger partial charge in [-0.2, -0.15) is 0 Å². The number of hydrogen-bond acceptors (Lipinski definition) is 11. The van der Waals surface area contributed by atoms with Gasteiger partial charge in [0.1, 0.15) is 11.6 Å². The molecule has 5 heterocycles. The third kappa shape index (κ3) is 7.48. The molecule has 1 atom stereocenters. The lowest BCUT2D eigenvalue weighted by Gasteiger charge is -2.31. The first-order valence-corrected chi connectivity index (χ1v) is 16.8. The molecule has 6 rings (SSSR count). The zero-order chi connectivity index (χ0) is 33.8. The van der Waals surface area contributed by atoms with Crippen LogP contribution >= 0.6 is 0 Å². The van der Waals surface area contributed by atoms with Crippen LogP contribution in [0.1, 0.15) is 98.8 Å². The number of piperidine rings is 1. The molecule has 13 nitrogen and oxygen atoms in total. The highest BCUT2D eigenvalue weighted by atomic mass is 19.1. The average Bonchev–Trinajstić information content (AvgIpc) is 3.63. The van der Waals surface area contributed by atoms with Gasteiger partial charge in [0, 0.05) is 73.3 Å². The van der Waals surface area contributed by atoms with E-state index in [0.717, 1.165) is 73.5 Å². The smallest absolute Gasteiger partial charge is 0.333 e. The minimum absolute atomic E-state index is 0.000374. The highest BCUT2D eigenvalue weighted by Gasteiger charge is 2.33. The van der Waals surface area contributed by atoms with Crippen LogP contribution in [0.2, 0.25) is 0 Å². The Balaban J connectivity index is 0.952. The van der Waals surface area contributed by atoms with Gasteiger partial charge in [-0.05, 0) is 77.1 Å². The van der Waals surface area contributed by atoms with Gasteiger partial charge < -0.3 is 19.0 Å². The number of nitrogens with zero attached hydrogens (tertiary/aromatic N) is 5. The minimum Gasteiger partial charge on any atom is -0.466 e. The standard InChI is InChI=1S/C34H40FN5O8/c1-21-25(13-18-38-16-11-22(12-17-38)32-26-8-7-24(35)20-27(26)47-37-32)34(45)39-15-3-4-23(33(39)36-21)14-19-46-30(43)5-2-6-31(44)48-40-28(41)9-10-29(40)42/h7-8,20,22-23H,2-6,9-19H2,1H3. The van der Waals surface area contributed by atoms with E-state index in [1.807, 2.05) is 6.92 Å². The van der Waals surface area contributed by atoms with Gasteiger partial charge in [0.15, 0.2) is 5.58 Å². The van der Waals surface area contributed by atoms with Crippen LogP contribution in [0.25, 0.3) is 11.0 Å². The number of likely N-dealkylation sites (tertiary alicyclic amines) is 1. The average molecular weight is 666 g/mol. The van der Waals surface area contributed by atoms with Crippen molar-refractivity contribution in [1.82, 2.24) is 24.7 Å². The summed E-state index contributed by atoms with van der Waals surface area (Å²) < 4.78 is 26.1. The number of rotatable bonds is 12. The Labute approximate surface area is 276 Å². The number of esters is 1. The van der Waals surface area contributed by atoms with Crippen molar-refractivity contribution < 1.29 is 37.7 Å². The van der Waals surface area contributed by atoms with Crippen molar-refractivity contribution in [2.45, 2.75) is 95.9 Å². The van der Waals surface area contributed by atoms with Crippen molar-refractivity contribution in [3.63, 3.8) is 0 Å². The van der Waals surface area contributed by atoms with Crippen LogP contribution in [0.5, 0.6) is 0 Å². The van der Waals surface area contributed by atoms with Gasteiger partial charge in [-0.1, -0.05) is 5.16 Å². The largest absolute Gasteiger partial charge is 0.466 e. The summed E-state index contributed by atoms with van der Waals surface area (Å²) in [5.41, 5.74) is 2.82. The molecule has 2 saturated heterocycles. The van der Waals surface area contributed by atoms with E-state index in [0.29, 0.717) is 30.0 Å². The number of amides is 2. The fourth-order valence-electron chi connectivity index (χ4n) is 6.93. The number of hydroxylamine groups is 2. The summed E-state index contributed by atoms with van der Waals surface area (Å²) in [5, 5.41) is 5.60. The highest BCUT2D eigenvalue weighted by molar-refractivity contribution is 6.01. The van der Waals surface area contributed by atoms with Crippen LogP contribution in [0.4, 0.5) is 4.39 Å². The molecule has 2 fully saturated rings. The predicted octanol–water partition coefficient (Wildman–Crippen LogP) is 3.84. The lowest BCUT2D eigenvalue weighted by atomic mass is 9.91. The molecule has 0 N–H and O–H groups in total. The molecule has 0 spiro atoms. The molecular weight excluding hydrogens is 625 g/mol. The zero-order valence-corrected chi connectivity index (χ0v) is 27.1. The second kappa shape index (κ2) is 14.8. The Bertz CT molecular complexity index is 1750. The maximum atomic E-state index is 13.6. The van der Waals surface area contributed by atoms with Crippen LogP contribution < -0.4 is 5.56 Å². The molecule has 3 aliphatic rings. The maximum absolute atomic E-state index is 13.6. The molecule has 14 heteroatoms. The Morgan fingerprint density at radius 2 is 1.77 bits per heavy atom. The molecule has 0 saturated carbocycles. The van der Waals surface area contributed by atoms with E-state index in [4.69, 9.17) is 19.1 Å². The Kier molecular flexibility index (Phi) is 10.3. The topological polar surface area (TPSA) is 154 Å². The quantitative estimate of drug-likeness (QED) is 0.205. The van der Waals surface area contributed by atoms with Crippen LogP contribution in [-0.4, -0.2) is 74.7 Å². The van der Waals surface area contributed by atoms with Crippen LogP contribution in [0.15, 0.2) is 27.5 Å². The van der Waals surface area contributed by atoms with Crippen molar-refractivity contribution >= 4 is 34.7 Å². The first-order valence-electron chi connectivity index (χ1n) is 16.8. The molecule has 0 aliphatic carbocycles. The Hall–Kier alpha value is -4.46. The van der Waals surface area contributed by atoms with Crippen molar-refractivity contribution in [3.8, 4) is 0 Å². The summed E-state index contributed by atoms with van der Waals surface area (Å²) in [4.78, 5) is 73.0. The number of imide groups is 1. The lowest BCUT2D eigenvalue weighted by molar-refractivity contribution is -0.197. The highest BCUT2D eigenvalue weighted by Crippen LogP contribution is 2.33. The molecule has 1 unspecified atom stereocenters. The third-order valence-corrected chi connectivity index (χ3v) is 9.60. The van der Waals surface area contributed by atoms with E-state index in [1.165, 1.54) is 12.1 Å². The zero-order valence-electron chi connectivity index (χ0n) is 27.1. The van der Waals surface area contributed by atoms with E-state index < -0.39 is 23.8 Å². The monoisotopic (exact) mass is 665 g/mol. The number of aromatic nitrogens is 3. The van der Waals surface area contributed by atoms with Gasteiger partial charge >= 0.3 is 11.9 Å². The summed E-state index contributed by atoms with van der Waals surface area (Å²) >= 11 is 0. The SMILES string of the molecule is Cc1nc2n(c(=O)c1CCN1CCC(c3noc4cc(F)ccc34)CC1)CCCC2CCOC(=O)CCCC(=O)ON1C(=O)CCC1=O. The fourth-order valence-corrected chi connectivity index (χ4v) is 6.93. The van der Waals surface area contributed by atoms with Gasteiger partial charge in [-0.25, -0.2) is 14.2 Å². The van der Waals surface area contributed by atoms with Crippen molar-refractivity contribution in [2.24, 2.45) is 0 Å². The third-order valence-electron chi connectivity index (χ3n) is 9.60. The van der Waals surface area contributed by atoms with Crippen molar-refractivity contribution in [1.29, 1.82) is 0 Å². The summed E-state index contributed by atoms with van der Waals surface area (Å²) in [7, 11) is 0. The minimum atomic E-state index is -0.752. The van der Waals surface area contributed by atoms with E-state index in [9.17, 15) is 28.4 Å². The van der Waals surface area contributed by atoms with Gasteiger partial charge in [0.25, 0.3) is 17.4 Å². The van der Waals surface area contributed by atoms with Crippen LogP contribution in [0, 0.1) is 12.7 Å². The molecule has 0 bridgehead atoms. The van der Waals surface area contributed by atoms with Gasteiger partial charge in [0.05, 0.1) is 12.3 Å². The molecule has 3 aliphatic heterocycles. The van der Waals surface area contributed by atoms with Crippen molar-refractivity contribution in [2.75, 3.05) is 26.2 Å².